The van der Waals surface area contributed by atoms with Crippen LogP contribution in [0.5, 0.6) is 0 Å². The molecule has 242 valence electrons. The van der Waals surface area contributed by atoms with Crippen molar-refractivity contribution < 1.29 is 0 Å². The summed E-state index contributed by atoms with van der Waals surface area (Å²) in [5, 5.41) is 5.06. The van der Waals surface area contributed by atoms with Crippen LogP contribution in [0.15, 0.2) is 182 Å². The summed E-state index contributed by atoms with van der Waals surface area (Å²) in [4.78, 5) is 2.43. The van der Waals surface area contributed by atoms with Gasteiger partial charge in [0.15, 0.2) is 0 Å². The van der Waals surface area contributed by atoms with E-state index >= 15 is 0 Å². The molecule has 0 spiro atoms. The van der Waals surface area contributed by atoms with Gasteiger partial charge in [0, 0.05) is 38.9 Å². The number of hydrogen-bond donors (Lipinski definition) is 0. The topological polar surface area (TPSA) is 8.17 Å². The molecule has 0 amide bonds. The first-order valence-electron chi connectivity index (χ1n) is 17.8. The number of benzene rings is 8. The fourth-order valence-electron chi connectivity index (χ4n) is 8.58. The number of nitrogens with zero attached hydrogens (tertiary/aromatic N) is 2. The van der Waals surface area contributed by atoms with Gasteiger partial charge >= 0.3 is 0 Å². The van der Waals surface area contributed by atoms with Gasteiger partial charge in [-0.2, -0.15) is 0 Å². The molecule has 8 aromatic carbocycles. The summed E-state index contributed by atoms with van der Waals surface area (Å²) < 4.78 is 2.40. The summed E-state index contributed by atoms with van der Waals surface area (Å²) in [5.74, 6) is 0. The number of aromatic nitrogens is 1. The normalized spacial score (nSPS) is 13.1. The van der Waals surface area contributed by atoms with Gasteiger partial charge in [0.1, 0.15) is 0 Å². The Labute approximate surface area is 298 Å². The second-order valence-electron chi connectivity index (χ2n) is 14.2. The lowest BCUT2D eigenvalue weighted by Gasteiger charge is -2.28. The van der Waals surface area contributed by atoms with Crippen LogP contribution in [0.3, 0.4) is 0 Å². The van der Waals surface area contributed by atoms with E-state index in [1.165, 1.54) is 66.0 Å². The van der Waals surface area contributed by atoms with E-state index in [0.29, 0.717) is 0 Å². The molecule has 1 aromatic heterocycles. The zero-order valence-corrected chi connectivity index (χ0v) is 28.7. The molecular formula is C49H36N2. The molecule has 1 aliphatic rings. The minimum absolute atomic E-state index is 0.109. The van der Waals surface area contributed by atoms with Crippen LogP contribution in [-0.2, 0) is 5.41 Å². The van der Waals surface area contributed by atoms with Crippen molar-refractivity contribution in [3.63, 3.8) is 0 Å². The van der Waals surface area contributed by atoms with Gasteiger partial charge in [0.05, 0.1) is 11.0 Å². The maximum absolute atomic E-state index is 2.43. The molecule has 1 heterocycles. The van der Waals surface area contributed by atoms with Gasteiger partial charge < -0.3 is 9.47 Å². The molecule has 1 aliphatic carbocycles. The van der Waals surface area contributed by atoms with Crippen LogP contribution in [0.2, 0.25) is 0 Å². The van der Waals surface area contributed by atoms with Crippen molar-refractivity contribution in [3.05, 3.63) is 193 Å². The van der Waals surface area contributed by atoms with Gasteiger partial charge in [0.2, 0.25) is 0 Å². The minimum atomic E-state index is -0.109. The highest BCUT2D eigenvalue weighted by Crippen LogP contribution is 2.52. The Hall–Kier alpha value is -6.38. The molecule has 0 atom stereocenters. The lowest BCUT2D eigenvalue weighted by atomic mass is 9.80. The Bertz CT molecular complexity index is 2750. The van der Waals surface area contributed by atoms with Gasteiger partial charge in [-0.05, 0) is 98.8 Å². The Balaban J connectivity index is 1.21. The van der Waals surface area contributed by atoms with Crippen molar-refractivity contribution in [3.8, 4) is 27.9 Å². The highest BCUT2D eigenvalue weighted by atomic mass is 15.1. The predicted molar refractivity (Wildman–Crippen MR) is 216 cm³/mol. The summed E-state index contributed by atoms with van der Waals surface area (Å²) in [6, 6.07) is 66.6. The third-order valence-electron chi connectivity index (χ3n) is 10.9. The van der Waals surface area contributed by atoms with Gasteiger partial charge in [-0.1, -0.05) is 141 Å². The minimum Gasteiger partial charge on any atom is -0.310 e. The average Bonchev–Trinajstić information content (AvgIpc) is 3.64. The van der Waals surface area contributed by atoms with Crippen molar-refractivity contribution >= 4 is 49.6 Å². The van der Waals surface area contributed by atoms with Crippen LogP contribution in [0.4, 0.5) is 17.1 Å². The molecule has 0 radical (unpaired) electrons. The molecule has 10 rings (SSSR count). The van der Waals surface area contributed by atoms with Crippen LogP contribution >= 0.6 is 0 Å². The summed E-state index contributed by atoms with van der Waals surface area (Å²) in [7, 11) is 0. The van der Waals surface area contributed by atoms with Crippen molar-refractivity contribution in [2.45, 2.75) is 19.3 Å². The Kier molecular flexibility index (Phi) is 6.56. The van der Waals surface area contributed by atoms with Crippen LogP contribution < -0.4 is 4.90 Å². The fraction of sp³-hybridized carbons (Fsp3) is 0.0612. The SMILES string of the molecule is CC1(C)c2ccccc2-c2ccc3ccc(N(c4ccc(-c5ccccc5)cc4)c4ccc5c6ccccc6n(-c6ccccc6)c5c4)cc3c21. The molecule has 0 aliphatic heterocycles. The first-order chi connectivity index (χ1) is 25.1. The Morgan fingerprint density at radius 3 is 1.86 bits per heavy atom. The Morgan fingerprint density at radius 2 is 1.04 bits per heavy atom. The van der Waals surface area contributed by atoms with Crippen LogP contribution in [0.25, 0.3) is 60.5 Å². The number of para-hydroxylation sites is 2. The third kappa shape index (κ3) is 4.57. The van der Waals surface area contributed by atoms with Crippen LogP contribution in [0, 0.1) is 0 Å². The van der Waals surface area contributed by atoms with Crippen molar-refractivity contribution in [2.75, 3.05) is 4.90 Å². The summed E-state index contributed by atoms with van der Waals surface area (Å²) in [6.45, 7) is 4.75. The van der Waals surface area contributed by atoms with Gasteiger partial charge in [-0.15, -0.1) is 0 Å². The molecule has 0 fully saturated rings. The molecule has 0 saturated heterocycles. The molecule has 0 N–H and O–H groups in total. The lowest BCUT2D eigenvalue weighted by Crippen LogP contribution is -2.16. The molecule has 9 aromatic rings. The van der Waals surface area contributed by atoms with E-state index in [2.05, 4.69) is 205 Å². The third-order valence-corrected chi connectivity index (χ3v) is 10.9. The predicted octanol–water partition coefficient (Wildman–Crippen LogP) is 13.4. The zero-order valence-electron chi connectivity index (χ0n) is 28.7. The molecule has 2 heteroatoms. The van der Waals surface area contributed by atoms with Crippen LogP contribution in [-0.4, -0.2) is 4.57 Å². The van der Waals surface area contributed by atoms with E-state index in [1.54, 1.807) is 0 Å². The summed E-state index contributed by atoms with van der Waals surface area (Å²) in [6.07, 6.45) is 0. The number of hydrogen-bond acceptors (Lipinski definition) is 1. The van der Waals surface area contributed by atoms with E-state index in [9.17, 15) is 0 Å². The van der Waals surface area contributed by atoms with E-state index in [1.807, 2.05) is 0 Å². The standard InChI is InChI=1S/C49H36N2/c1-49(2)45-19-11-9-17-40(45)43-29-24-35-23-27-38(31-44(35)48(43)49)50(37-25-21-34(22-26-37)33-13-5-3-6-14-33)39-28-30-42-41-18-10-12-20-46(41)51(47(42)32-39)36-15-7-4-8-16-36/h3-32H,1-2H3. The maximum atomic E-state index is 2.43. The van der Waals surface area contributed by atoms with Gasteiger partial charge in [-0.3, -0.25) is 0 Å². The zero-order chi connectivity index (χ0) is 34.1. The molecule has 0 bridgehead atoms. The molecule has 51 heavy (non-hydrogen) atoms. The largest absolute Gasteiger partial charge is 0.310 e. The first kappa shape index (κ1) is 29.5. The molecule has 0 saturated carbocycles. The van der Waals surface area contributed by atoms with E-state index in [-0.39, 0.29) is 5.41 Å². The maximum Gasteiger partial charge on any atom is 0.0561 e. The first-order valence-corrected chi connectivity index (χ1v) is 17.8. The number of rotatable bonds is 5. The van der Waals surface area contributed by atoms with E-state index < -0.39 is 0 Å². The monoisotopic (exact) mass is 652 g/mol. The van der Waals surface area contributed by atoms with Crippen molar-refractivity contribution in [2.24, 2.45) is 0 Å². The number of fused-ring (bicyclic) bond motifs is 8. The van der Waals surface area contributed by atoms with Gasteiger partial charge in [-0.25, -0.2) is 0 Å². The summed E-state index contributed by atoms with van der Waals surface area (Å²) >= 11 is 0. The second kappa shape index (κ2) is 11.3. The van der Waals surface area contributed by atoms with E-state index in [4.69, 9.17) is 0 Å². The summed E-state index contributed by atoms with van der Waals surface area (Å²) in [5.41, 5.74) is 14.7. The second-order valence-corrected chi connectivity index (χ2v) is 14.2. The number of anilines is 3. The van der Waals surface area contributed by atoms with Gasteiger partial charge in [0.25, 0.3) is 0 Å². The smallest absolute Gasteiger partial charge is 0.0561 e. The molecule has 2 nitrogen and oxygen atoms in total. The van der Waals surface area contributed by atoms with Crippen molar-refractivity contribution in [1.29, 1.82) is 0 Å². The highest BCUT2D eigenvalue weighted by Gasteiger charge is 2.36. The lowest BCUT2D eigenvalue weighted by molar-refractivity contribution is 0.666. The Morgan fingerprint density at radius 1 is 0.431 bits per heavy atom. The molecule has 0 unspecified atom stereocenters. The quantitative estimate of drug-likeness (QED) is 0.180. The molecular weight excluding hydrogens is 617 g/mol. The highest BCUT2D eigenvalue weighted by molar-refractivity contribution is 6.10. The van der Waals surface area contributed by atoms with Crippen molar-refractivity contribution in [1.82, 2.24) is 4.57 Å². The fourth-order valence-corrected chi connectivity index (χ4v) is 8.58. The van der Waals surface area contributed by atoms with E-state index in [0.717, 1.165) is 22.7 Å². The van der Waals surface area contributed by atoms with Crippen LogP contribution in [0.1, 0.15) is 25.0 Å². The average molecular weight is 653 g/mol.